The van der Waals surface area contributed by atoms with Crippen molar-refractivity contribution in [3.8, 4) is 0 Å². The second kappa shape index (κ2) is 5.92. The van der Waals surface area contributed by atoms with Crippen LogP contribution in [0.15, 0.2) is 23.4 Å². The maximum Gasteiger partial charge on any atom is 0.241 e. The zero-order valence-corrected chi connectivity index (χ0v) is 13.0. The standard InChI is InChI=1S/C13H19N5O2S/c1-8-4-11(6-14)5-12(9(8)2)21(19,20)18-10(3)13-15-7-16-17-13/h4-5,7,10,18H,6,14H2,1-3H3,(H,15,16,17). The van der Waals surface area contributed by atoms with Crippen LogP contribution >= 0.6 is 0 Å². The van der Waals surface area contributed by atoms with Gasteiger partial charge < -0.3 is 5.73 Å². The van der Waals surface area contributed by atoms with Crippen molar-refractivity contribution in [2.24, 2.45) is 5.73 Å². The number of nitrogens with one attached hydrogen (secondary N) is 2. The molecule has 0 radical (unpaired) electrons. The summed E-state index contributed by atoms with van der Waals surface area (Å²) in [6, 6.07) is 3.00. The van der Waals surface area contributed by atoms with Crippen LogP contribution in [0.25, 0.3) is 0 Å². The molecule has 0 saturated carbocycles. The molecule has 0 aliphatic rings. The molecule has 1 heterocycles. The van der Waals surface area contributed by atoms with Crippen LogP contribution in [0.5, 0.6) is 0 Å². The highest BCUT2D eigenvalue weighted by Gasteiger charge is 2.22. The number of hydrogen-bond acceptors (Lipinski definition) is 5. The molecular formula is C13H19N5O2S. The largest absolute Gasteiger partial charge is 0.326 e. The normalized spacial score (nSPS) is 13.3. The van der Waals surface area contributed by atoms with Gasteiger partial charge in [-0.3, -0.25) is 5.10 Å². The van der Waals surface area contributed by atoms with Gasteiger partial charge in [-0.05, 0) is 43.5 Å². The van der Waals surface area contributed by atoms with E-state index in [1.165, 1.54) is 6.33 Å². The lowest BCUT2D eigenvalue weighted by Crippen LogP contribution is -2.28. The highest BCUT2D eigenvalue weighted by molar-refractivity contribution is 7.89. The number of nitrogens with two attached hydrogens (primary N) is 1. The molecule has 1 unspecified atom stereocenters. The summed E-state index contributed by atoms with van der Waals surface area (Å²) in [5, 5.41) is 6.37. The molecule has 7 nitrogen and oxygen atoms in total. The van der Waals surface area contributed by atoms with Gasteiger partial charge in [0.2, 0.25) is 10.0 Å². The molecule has 1 aromatic carbocycles. The minimum atomic E-state index is -3.66. The van der Waals surface area contributed by atoms with Gasteiger partial charge in [0, 0.05) is 6.54 Å². The quantitative estimate of drug-likeness (QED) is 0.760. The number of aromatic amines is 1. The molecule has 0 aliphatic carbocycles. The maximum absolute atomic E-state index is 12.6. The van der Waals surface area contributed by atoms with Crippen LogP contribution in [-0.2, 0) is 16.6 Å². The van der Waals surface area contributed by atoms with Gasteiger partial charge in [-0.25, -0.2) is 18.1 Å². The van der Waals surface area contributed by atoms with E-state index in [2.05, 4.69) is 19.9 Å². The van der Waals surface area contributed by atoms with E-state index in [1.54, 1.807) is 19.9 Å². The van der Waals surface area contributed by atoms with Gasteiger partial charge in [0.25, 0.3) is 0 Å². The molecule has 2 rings (SSSR count). The number of aromatic nitrogens is 3. The molecule has 8 heteroatoms. The predicted octanol–water partition coefficient (Wildman–Crippen LogP) is 0.920. The Balaban J connectivity index is 2.38. The van der Waals surface area contributed by atoms with E-state index in [0.717, 1.165) is 11.1 Å². The number of hydrogen-bond donors (Lipinski definition) is 3. The van der Waals surface area contributed by atoms with E-state index in [0.29, 0.717) is 17.9 Å². The van der Waals surface area contributed by atoms with Gasteiger partial charge in [0.15, 0.2) is 0 Å². The van der Waals surface area contributed by atoms with Gasteiger partial charge in [0.1, 0.15) is 12.2 Å². The Morgan fingerprint density at radius 2 is 2.10 bits per heavy atom. The van der Waals surface area contributed by atoms with E-state index in [4.69, 9.17) is 5.73 Å². The maximum atomic E-state index is 12.6. The molecule has 1 atom stereocenters. The zero-order valence-electron chi connectivity index (χ0n) is 12.2. The fourth-order valence-corrected chi connectivity index (χ4v) is 3.65. The average molecular weight is 309 g/mol. The summed E-state index contributed by atoms with van der Waals surface area (Å²) < 4.78 is 27.7. The van der Waals surface area contributed by atoms with Crippen molar-refractivity contribution in [2.45, 2.75) is 38.3 Å². The second-order valence-electron chi connectivity index (χ2n) is 4.95. The lowest BCUT2D eigenvalue weighted by Gasteiger charge is -2.15. The zero-order chi connectivity index (χ0) is 15.6. The van der Waals surface area contributed by atoms with Crippen molar-refractivity contribution in [3.63, 3.8) is 0 Å². The Morgan fingerprint density at radius 1 is 1.38 bits per heavy atom. The smallest absolute Gasteiger partial charge is 0.241 e. The Hall–Kier alpha value is -1.77. The number of H-pyrrole nitrogens is 1. The minimum absolute atomic E-state index is 0.245. The SMILES string of the molecule is Cc1cc(CN)cc(S(=O)(=O)NC(C)c2ncn[nH]2)c1C. The fraction of sp³-hybridized carbons (Fsp3) is 0.385. The Morgan fingerprint density at radius 3 is 2.67 bits per heavy atom. The molecular weight excluding hydrogens is 290 g/mol. The summed E-state index contributed by atoms with van der Waals surface area (Å²) in [7, 11) is -3.66. The monoisotopic (exact) mass is 309 g/mol. The molecule has 2 aromatic rings. The molecule has 21 heavy (non-hydrogen) atoms. The highest BCUT2D eigenvalue weighted by Crippen LogP contribution is 2.22. The first kappa shape index (κ1) is 15.6. The molecule has 0 aliphatic heterocycles. The summed E-state index contributed by atoms with van der Waals surface area (Å²) in [4.78, 5) is 4.20. The lowest BCUT2D eigenvalue weighted by molar-refractivity contribution is 0.559. The van der Waals surface area contributed by atoms with E-state index in [9.17, 15) is 8.42 Å². The molecule has 0 spiro atoms. The Bertz CT molecular complexity index is 725. The minimum Gasteiger partial charge on any atom is -0.326 e. The highest BCUT2D eigenvalue weighted by atomic mass is 32.2. The third kappa shape index (κ3) is 3.29. The van der Waals surface area contributed by atoms with Crippen molar-refractivity contribution >= 4 is 10.0 Å². The van der Waals surface area contributed by atoms with Crippen molar-refractivity contribution < 1.29 is 8.42 Å². The molecule has 0 fully saturated rings. The van der Waals surface area contributed by atoms with Crippen molar-refractivity contribution in [3.05, 3.63) is 41.0 Å². The van der Waals surface area contributed by atoms with E-state index in [-0.39, 0.29) is 4.90 Å². The van der Waals surface area contributed by atoms with Crippen LogP contribution in [0.2, 0.25) is 0 Å². The number of sulfonamides is 1. The Labute approximate surface area is 124 Å². The third-order valence-electron chi connectivity index (χ3n) is 3.38. The lowest BCUT2D eigenvalue weighted by atomic mass is 10.1. The molecule has 0 bridgehead atoms. The topological polar surface area (TPSA) is 114 Å². The molecule has 4 N–H and O–H groups in total. The predicted molar refractivity (Wildman–Crippen MR) is 78.9 cm³/mol. The first-order valence-electron chi connectivity index (χ1n) is 6.53. The Kier molecular flexibility index (Phi) is 4.40. The van der Waals surface area contributed by atoms with E-state index in [1.807, 2.05) is 13.0 Å². The van der Waals surface area contributed by atoms with Crippen LogP contribution in [0.3, 0.4) is 0 Å². The van der Waals surface area contributed by atoms with Gasteiger partial charge in [-0.1, -0.05) is 6.07 Å². The summed E-state index contributed by atoms with van der Waals surface area (Å²) in [5.74, 6) is 0.461. The number of aryl methyl sites for hydroxylation is 1. The van der Waals surface area contributed by atoms with Crippen molar-refractivity contribution in [1.82, 2.24) is 19.9 Å². The summed E-state index contributed by atoms with van der Waals surface area (Å²) in [6.07, 6.45) is 1.34. The molecule has 0 amide bonds. The average Bonchev–Trinajstić information content (AvgIpc) is 2.95. The third-order valence-corrected chi connectivity index (χ3v) is 5.05. The van der Waals surface area contributed by atoms with Crippen LogP contribution in [0.1, 0.15) is 35.5 Å². The van der Waals surface area contributed by atoms with Crippen LogP contribution in [-0.4, -0.2) is 23.6 Å². The van der Waals surface area contributed by atoms with Crippen molar-refractivity contribution in [2.75, 3.05) is 0 Å². The molecule has 0 saturated heterocycles. The first-order valence-corrected chi connectivity index (χ1v) is 8.01. The van der Waals surface area contributed by atoms with Crippen molar-refractivity contribution in [1.29, 1.82) is 0 Å². The van der Waals surface area contributed by atoms with Crippen LogP contribution in [0.4, 0.5) is 0 Å². The first-order chi connectivity index (χ1) is 9.85. The summed E-state index contributed by atoms with van der Waals surface area (Å²) in [5.41, 5.74) is 8.01. The van der Waals surface area contributed by atoms with Gasteiger partial charge >= 0.3 is 0 Å². The number of rotatable bonds is 5. The van der Waals surface area contributed by atoms with Gasteiger partial charge in [0.05, 0.1) is 10.9 Å². The fourth-order valence-electron chi connectivity index (χ4n) is 2.07. The van der Waals surface area contributed by atoms with Gasteiger partial charge in [-0.2, -0.15) is 5.10 Å². The van der Waals surface area contributed by atoms with E-state index >= 15 is 0 Å². The van der Waals surface area contributed by atoms with E-state index < -0.39 is 16.1 Å². The summed E-state index contributed by atoms with van der Waals surface area (Å²) >= 11 is 0. The van der Waals surface area contributed by atoms with Gasteiger partial charge in [-0.15, -0.1) is 0 Å². The number of nitrogens with zero attached hydrogens (tertiary/aromatic N) is 2. The molecule has 1 aromatic heterocycles. The van der Waals surface area contributed by atoms with Crippen LogP contribution < -0.4 is 10.5 Å². The number of benzene rings is 1. The summed E-state index contributed by atoms with van der Waals surface area (Å²) in [6.45, 7) is 5.64. The molecule has 114 valence electrons. The second-order valence-corrected chi connectivity index (χ2v) is 6.64. The van der Waals surface area contributed by atoms with Crippen LogP contribution in [0, 0.1) is 13.8 Å².